The summed E-state index contributed by atoms with van der Waals surface area (Å²) in [7, 11) is 1.65. The zero-order valence-corrected chi connectivity index (χ0v) is 30.4. The second-order valence-electron chi connectivity index (χ2n) is 13.9. The van der Waals surface area contributed by atoms with E-state index in [1.54, 1.807) is 7.05 Å². The molecular formula is C43H94N4O10. The third kappa shape index (κ3) is 36.4. The minimum Gasteiger partial charge on any atom is -0.426 e. The molecule has 0 bridgehead atoms. The van der Waals surface area contributed by atoms with Gasteiger partial charge in [0.2, 0.25) is 24.5 Å². The third-order valence-electron chi connectivity index (χ3n) is 7.01. The van der Waals surface area contributed by atoms with Crippen LogP contribution in [0.1, 0.15) is 174 Å². The van der Waals surface area contributed by atoms with Crippen LogP contribution in [-0.2, 0) is 47.8 Å². The number of ether oxygens (including phenoxy) is 2. The average molecular weight is 827 g/mol. The predicted molar refractivity (Wildman–Crippen MR) is 239 cm³/mol. The number of carbonyl (C=O) groups is 8. The highest BCUT2D eigenvalue weighted by molar-refractivity contribution is 6.06. The quantitative estimate of drug-likeness (QED) is 0.0419. The van der Waals surface area contributed by atoms with Crippen LogP contribution in [0.4, 0.5) is 0 Å². The topological polar surface area (TPSA) is 203 Å². The van der Waals surface area contributed by atoms with Gasteiger partial charge >= 0.3 is 11.9 Å². The molecule has 0 aromatic rings. The van der Waals surface area contributed by atoms with Gasteiger partial charge in [0.15, 0.2) is 11.6 Å². The van der Waals surface area contributed by atoms with Crippen molar-refractivity contribution in [1.29, 1.82) is 0 Å². The van der Waals surface area contributed by atoms with Gasteiger partial charge in [-0.15, -0.1) is 0 Å². The maximum Gasteiger partial charge on any atom is 0.331 e. The molecule has 0 saturated carbocycles. The molecule has 57 heavy (non-hydrogen) atoms. The molecule has 0 aliphatic rings. The van der Waals surface area contributed by atoms with Gasteiger partial charge in [-0.3, -0.25) is 28.8 Å². The van der Waals surface area contributed by atoms with Crippen LogP contribution in [0.5, 0.6) is 0 Å². The standard InChI is InChI=1S/C34H58N4O10.9CH4/c1-19(2)11-24(35-10)28(40)16-29(41)25(12-20(3)4)36-31(43)17-32(44)38-27(14-22(7)8)34(46)48-18-47-33(45)26(13-21(5)6)37-30(42)15-23(9)39;;;;;;;;;/h19-22,24-27,35H,11-18H2,1-10H3,(H,36,43)(H,37,42)(H,38,44);9*1H4. The molecule has 0 spiro atoms. The Hall–Kier alpha value is -3.68. The number of esters is 2. The molecule has 14 heteroatoms. The summed E-state index contributed by atoms with van der Waals surface area (Å²) in [5.74, 6) is -4.87. The molecule has 0 fully saturated rings. The number of amides is 3. The molecule has 0 rings (SSSR count). The molecule has 0 aromatic heterocycles. The number of hydrogen-bond acceptors (Lipinski definition) is 11. The molecule has 0 saturated heterocycles. The largest absolute Gasteiger partial charge is 0.426 e. The van der Waals surface area contributed by atoms with E-state index in [0.717, 1.165) is 0 Å². The van der Waals surface area contributed by atoms with E-state index in [9.17, 15) is 38.4 Å². The Balaban J connectivity index is -0.000000307. The lowest BCUT2D eigenvalue weighted by molar-refractivity contribution is -0.171. The van der Waals surface area contributed by atoms with Crippen LogP contribution in [-0.4, -0.2) is 85.0 Å². The van der Waals surface area contributed by atoms with Gasteiger partial charge in [-0.1, -0.05) is 122 Å². The average Bonchev–Trinajstić information content (AvgIpc) is 2.93. The second-order valence-corrected chi connectivity index (χ2v) is 13.9. The van der Waals surface area contributed by atoms with Crippen molar-refractivity contribution in [2.24, 2.45) is 23.7 Å². The van der Waals surface area contributed by atoms with Crippen LogP contribution in [0.25, 0.3) is 0 Å². The highest BCUT2D eigenvalue weighted by Gasteiger charge is 2.30. The van der Waals surface area contributed by atoms with Gasteiger partial charge in [-0.05, 0) is 63.3 Å². The molecule has 0 radical (unpaired) electrons. The van der Waals surface area contributed by atoms with Crippen molar-refractivity contribution in [3.63, 3.8) is 0 Å². The first-order chi connectivity index (χ1) is 22.2. The zero-order valence-electron chi connectivity index (χ0n) is 30.4. The first-order valence-electron chi connectivity index (χ1n) is 16.7. The van der Waals surface area contributed by atoms with E-state index in [-0.39, 0.29) is 128 Å². The molecule has 0 aliphatic heterocycles. The Morgan fingerprint density at radius 3 is 1.02 bits per heavy atom. The minimum atomic E-state index is -1.17. The number of carbonyl (C=O) groups excluding carboxylic acids is 8. The van der Waals surface area contributed by atoms with E-state index in [1.165, 1.54) is 6.92 Å². The summed E-state index contributed by atoms with van der Waals surface area (Å²) in [5.41, 5.74) is 0. The molecule has 4 unspecified atom stereocenters. The third-order valence-corrected chi connectivity index (χ3v) is 7.01. The molecule has 0 aromatic carbocycles. The van der Waals surface area contributed by atoms with E-state index in [0.29, 0.717) is 6.42 Å². The summed E-state index contributed by atoms with van der Waals surface area (Å²) in [6.07, 6.45) is -0.238. The number of nitrogens with one attached hydrogen (secondary N) is 4. The molecule has 14 nitrogen and oxygen atoms in total. The van der Waals surface area contributed by atoms with Crippen LogP contribution in [0, 0.1) is 23.7 Å². The lowest BCUT2D eigenvalue weighted by Crippen LogP contribution is -2.47. The Morgan fingerprint density at radius 1 is 0.421 bits per heavy atom. The summed E-state index contributed by atoms with van der Waals surface area (Å²) in [5, 5.41) is 10.4. The second kappa shape index (κ2) is 40.5. The van der Waals surface area contributed by atoms with Gasteiger partial charge in [0.1, 0.15) is 24.3 Å². The van der Waals surface area contributed by atoms with Gasteiger partial charge in [-0.2, -0.15) is 0 Å². The summed E-state index contributed by atoms with van der Waals surface area (Å²) in [4.78, 5) is 100. The Labute approximate surface area is 351 Å². The molecule has 3 amide bonds. The highest BCUT2D eigenvalue weighted by atomic mass is 16.7. The van der Waals surface area contributed by atoms with E-state index in [1.807, 2.05) is 55.4 Å². The first kappa shape index (κ1) is 77.8. The molecule has 0 heterocycles. The van der Waals surface area contributed by atoms with E-state index < -0.39 is 79.2 Å². The highest BCUT2D eigenvalue weighted by Crippen LogP contribution is 2.13. The maximum absolute atomic E-state index is 13.0. The fourth-order valence-corrected chi connectivity index (χ4v) is 4.87. The lowest BCUT2D eigenvalue weighted by atomic mass is 9.93. The van der Waals surface area contributed by atoms with Gasteiger partial charge < -0.3 is 30.7 Å². The maximum atomic E-state index is 13.0. The van der Waals surface area contributed by atoms with E-state index >= 15 is 0 Å². The Bertz CT molecular complexity index is 1120. The summed E-state index contributed by atoms with van der Waals surface area (Å²) < 4.78 is 10.1. The van der Waals surface area contributed by atoms with Crippen LogP contribution in [0.15, 0.2) is 0 Å². The molecule has 346 valence electrons. The smallest absolute Gasteiger partial charge is 0.331 e. The Morgan fingerprint density at radius 2 is 0.702 bits per heavy atom. The summed E-state index contributed by atoms with van der Waals surface area (Å²) >= 11 is 0. The van der Waals surface area contributed by atoms with Gasteiger partial charge in [0.05, 0.1) is 24.9 Å². The predicted octanol–water partition coefficient (Wildman–Crippen LogP) is 7.88. The van der Waals surface area contributed by atoms with Crippen molar-refractivity contribution in [2.75, 3.05) is 13.8 Å². The Kier molecular flexibility index (Phi) is 55.3. The van der Waals surface area contributed by atoms with Crippen molar-refractivity contribution in [1.82, 2.24) is 21.3 Å². The number of rotatable bonds is 24. The van der Waals surface area contributed by atoms with Gasteiger partial charge in [0, 0.05) is 0 Å². The molecule has 0 aliphatic carbocycles. The molecular weight excluding hydrogens is 732 g/mol. The van der Waals surface area contributed by atoms with E-state index in [2.05, 4.69) is 21.3 Å². The fourth-order valence-electron chi connectivity index (χ4n) is 4.87. The van der Waals surface area contributed by atoms with Gasteiger partial charge in [0.25, 0.3) is 0 Å². The number of likely N-dealkylation sites (N-methyl/N-ethyl adjacent to an activating group) is 1. The van der Waals surface area contributed by atoms with Crippen LogP contribution < -0.4 is 21.3 Å². The lowest BCUT2D eigenvalue weighted by Gasteiger charge is -2.22. The zero-order chi connectivity index (χ0) is 37.1. The number of ketones is 3. The summed E-state index contributed by atoms with van der Waals surface area (Å²) in [6, 6.07) is -3.69. The fraction of sp³-hybridized carbons (Fsp3) is 0.814. The SMILES string of the molecule is C.C.C.C.C.C.C.C.C.CNC(CC(C)C)C(=O)CC(=O)C(CC(C)C)NC(=O)CC(=O)NC(CC(C)C)C(=O)OCOC(=O)C(CC(C)C)NC(=O)CC(C)=O. The van der Waals surface area contributed by atoms with Crippen molar-refractivity contribution in [2.45, 2.75) is 198 Å². The monoisotopic (exact) mass is 827 g/mol. The summed E-state index contributed by atoms with van der Waals surface area (Å²) in [6.45, 7) is 15.4. The van der Waals surface area contributed by atoms with E-state index in [4.69, 9.17) is 9.47 Å². The van der Waals surface area contributed by atoms with Crippen molar-refractivity contribution < 1.29 is 47.8 Å². The van der Waals surface area contributed by atoms with Crippen LogP contribution in [0.3, 0.4) is 0 Å². The van der Waals surface area contributed by atoms with Crippen molar-refractivity contribution in [3.05, 3.63) is 0 Å². The minimum absolute atomic E-state index is 0. The number of Topliss-reactive ketones (excluding diaryl/α,β-unsaturated/α-hetero) is 3. The molecule has 4 atom stereocenters. The van der Waals surface area contributed by atoms with Crippen LogP contribution in [0.2, 0.25) is 0 Å². The first-order valence-corrected chi connectivity index (χ1v) is 16.7. The van der Waals surface area contributed by atoms with Gasteiger partial charge in [-0.25, -0.2) is 9.59 Å². The number of hydrogen-bond donors (Lipinski definition) is 4. The van der Waals surface area contributed by atoms with Crippen LogP contribution >= 0.6 is 0 Å². The molecule has 4 N–H and O–H groups in total. The normalized spacial score (nSPS) is 11.6. The van der Waals surface area contributed by atoms with Crippen molar-refractivity contribution in [3.8, 4) is 0 Å². The van der Waals surface area contributed by atoms with Crippen molar-refractivity contribution >= 4 is 47.0 Å².